The molecular weight excluding hydrogens is 231 g/mol. The third kappa shape index (κ3) is 2.66. The van der Waals surface area contributed by atoms with E-state index in [0.29, 0.717) is 11.3 Å². The zero-order valence-corrected chi connectivity index (χ0v) is 9.91. The highest BCUT2D eigenvalue weighted by Gasteiger charge is 2.02. The summed E-state index contributed by atoms with van der Waals surface area (Å²) in [4.78, 5) is 11.1. The van der Waals surface area contributed by atoms with Crippen LogP contribution >= 0.6 is 0 Å². The lowest BCUT2D eigenvalue weighted by Gasteiger charge is -2.07. The highest BCUT2D eigenvalue weighted by molar-refractivity contribution is 5.94. The average molecular weight is 244 g/mol. The van der Waals surface area contributed by atoms with E-state index in [1.54, 1.807) is 30.3 Å². The maximum absolute atomic E-state index is 13.2. The Bertz CT molecular complexity index is 579. The van der Waals surface area contributed by atoms with Crippen molar-refractivity contribution < 1.29 is 9.18 Å². The summed E-state index contributed by atoms with van der Waals surface area (Å²) in [6.07, 6.45) is 0. The summed E-state index contributed by atoms with van der Waals surface area (Å²) < 4.78 is 13.2. The van der Waals surface area contributed by atoms with Crippen LogP contribution in [0, 0.1) is 5.82 Å². The van der Waals surface area contributed by atoms with Crippen LogP contribution in [0.3, 0.4) is 0 Å². The van der Waals surface area contributed by atoms with Crippen LogP contribution in [-0.4, -0.2) is 5.78 Å². The Morgan fingerprint density at radius 2 is 1.72 bits per heavy atom. The van der Waals surface area contributed by atoms with E-state index in [1.807, 2.05) is 0 Å². The zero-order chi connectivity index (χ0) is 13.1. The molecule has 0 saturated carbocycles. The highest BCUT2D eigenvalue weighted by atomic mass is 19.1. The molecule has 0 aliphatic heterocycles. The molecule has 18 heavy (non-hydrogen) atoms. The molecule has 0 amide bonds. The number of benzene rings is 2. The van der Waals surface area contributed by atoms with Crippen molar-refractivity contribution in [3.63, 3.8) is 0 Å². The molecule has 0 bridgehead atoms. The van der Waals surface area contributed by atoms with Crippen molar-refractivity contribution in [2.24, 2.45) is 0 Å². The summed E-state index contributed by atoms with van der Waals surface area (Å²) in [6.45, 7) is 1.51. The Balaban J connectivity index is 2.18. The minimum absolute atomic E-state index is 0.0140. The van der Waals surface area contributed by atoms with Crippen LogP contribution in [0.25, 0.3) is 0 Å². The first-order valence-electron chi connectivity index (χ1n) is 5.49. The monoisotopic (exact) mass is 244 g/mol. The van der Waals surface area contributed by atoms with Gasteiger partial charge in [-0.15, -0.1) is 0 Å². The van der Waals surface area contributed by atoms with Gasteiger partial charge in [0.2, 0.25) is 0 Å². The molecule has 0 radical (unpaired) electrons. The second-order valence-electron chi connectivity index (χ2n) is 3.99. The van der Waals surface area contributed by atoms with Crippen LogP contribution in [0.4, 0.5) is 21.5 Å². The van der Waals surface area contributed by atoms with Gasteiger partial charge in [-0.05, 0) is 49.4 Å². The molecule has 0 heterocycles. The maximum atomic E-state index is 13.2. The molecule has 3 N–H and O–H groups in total. The molecule has 2 aromatic rings. The summed E-state index contributed by atoms with van der Waals surface area (Å²) in [7, 11) is 0. The van der Waals surface area contributed by atoms with E-state index in [4.69, 9.17) is 5.73 Å². The number of hydrogen-bond acceptors (Lipinski definition) is 3. The van der Waals surface area contributed by atoms with Gasteiger partial charge in [-0.2, -0.15) is 0 Å². The van der Waals surface area contributed by atoms with E-state index >= 15 is 0 Å². The molecule has 2 aromatic carbocycles. The van der Waals surface area contributed by atoms with Gasteiger partial charge in [0.15, 0.2) is 5.78 Å². The lowest BCUT2D eigenvalue weighted by molar-refractivity contribution is 0.101. The molecule has 0 aliphatic rings. The average Bonchev–Trinajstić information content (AvgIpc) is 2.34. The summed E-state index contributed by atoms with van der Waals surface area (Å²) in [5.74, 6) is -0.444. The van der Waals surface area contributed by atoms with Crippen molar-refractivity contribution in [3.05, 3.63) is 53.8 Å². The summed E-state index contributed by atoms with van der Waals surface area (Å²) >= 11 is 0. The minimum Gasteiger partial charge on any atom is -0.396 e. The number of nitrogen functional groups attached to an aromatic ring is 1. The van der Waals surface area contributed by atoms with E-state index in [2.05, 4.69) is 5.32 Å². The van der Waals surface area contributed by atoms with E-state index in [1.165, 1.54) is 19.1 Å². The molecule has 0 aromatic heterocycles. The van der Waals surface area contributed by atoms with Crippen LogP contribution in [-0.2, 0) is 0 Å². The molecular formula is C14H13FN2O. The minimum atomic E-state index is -0.458. The largest absolute Gasteiger partial charge is 0.396 e. The van der Waals surface area contributed by atoms with Crippen molar-refractivity contribution >= 4 is 22.8 Å². The number of anilines is 3. The Morgan fingerprint density at radius 1 is 1.11 bits per heavy atom. The summed E-state index contributed by atoms with van der Waals surface area (Å²) in [5, 5.41) is 3.03. The fourth-order valence-electron chi connectivity index (χ4n) is 1.56. The zero-order valence-electron chi connectivity index (χ0n) is 9.91. The Hall–Kier alpha value is -2.36. The van der Waals surface area contributed by atoms with Crippen molar-refractivity contribution in [2.45, 2.75) is 6.92 Å². The number of rotatable bonds is 3. The molecule has 0 atom stereocenters. The molecule has 0 unspecified atom stereocenters. The lowest BCUT2D eigenvalue weighted by Crippen LogP contribution is -1.96. The quantitative estimate of drug-likeness (QED) is 0.643. The van der Waals surface area contributed by atoms with E-state index < -0.39 is 5.82 Å². The van der Waals surface area contributed by atoms with Crippen LogP contribution in [0.1, 0.15) is 17.3 Å². The lowest BCUT2D eigenvalue weighted by atomic mass is 10.1. The van der Waals surface area contributed by atoms with E-state index in [9.17, 15) is 9.18 Å². The van der Waals surface area contributed by atoms with Gasteiger partial charge in [0.25, 0.3) is 0 Å². The molecule has 0 saturated heterocycles. The molecule has 0 spiro atoms. The maximum Gasteiger partial charge on any atom is 0.159 e. The normalized spacial score (nSPS) is 10.1. The molecule has 3 nitrogen and oxygen atoms in total. The van der Waals surface area contributed by atoms with Crippen LogP contribution in [0.5, 0.6) is 0 Å². The van der Waals surface area contributed by atoms with Crippen molar-refractivity contribution in [1.82, 2.24) is 0 Å². The standard InChI is InChI=1S/C14H13FN2O/c1-9(18)10-2-4-11(5-3-10)17-12-6-7-14(16)13(15)8-12/h2-8,17H,16H2,1H3. The summed E-state index contributed by atoms with van der Waals surface area (Å²) in [5.41, 5.74) is 7.55. The smallest absolute Gasteiger partial charge is 0.159 e. The van der Waals surface area contributed by atoms with Gasteiger partial charge in [0.1, 0.15) is 5.82 Å². The predicted octanol–water partition coefficient (Wildman–Crippen LogP) is 3.35. The Morgan fingerprint density at radius 3 is 2.28 bits per heavy atom. The van der Waals surface area contributed by atoms with Gasteiger partial charge in [0, 0.05) is 16.9 Å². The van der Waals surface area contributed by atoms with Gasteiger partial charge in [-0.1, -0.05) is 0 Å². The van der Waals surface area contributed by atoms with Gasteiger partial charge >= 0.3 is 0 Å². The number of hydrogen-bond donors (Lipinski definition) is 2. The third-order valence-electron chi connectivity index (χ3n) is 2.58. The Labute approximate surface area is 104 Å². The number of nitrogens with two attached hydrogens (primary N) is 1. The SMILES string of the molecule is CC(=O)c1ccc(Nc2ccc(N)c(F)c2)cc1. The van der Waals surface area contributed by atoms with E-state index in [0.717, 1.165) is 5.69 Å². The van der Waals surface area contributed by atoms with Gasteiger partial charge in [-0.25, -0.2) is 4.39 Å². The van der Waals surface area contributed by atoms with E-state index in [-0.39, 0.29) is 11.5 Å². The molecule has 4 heteroatoms. The van der Waals surface area contributed by atoms with Crippen molar-refractivity contribution in [1.29, 1.82) is 0 Å². The van der Waals surface area contributed by atoms with Crippen LogP contribution < -0.4 is 11.1 Å². The van der Waals surface area contributed by atoms with Crippen LogP contribution in [0.2, 0.25) is 0 Å². The third-order valence-corrected chi connectivity index (χ3v) is 2.58. The second-order valence-corrected chi connectivity index (χ2v) is 3.99. The predicted molar refractivity (Wildman–Crippen MR) is 70.5 cm³/mol. The first-order valence-corrected chi connectivity index (χ1v) is 5.49. The molecule has 0 aliphatic carbocycles. The van der Waals surface area contributed by atoms with Gasteiger partial charge in [-0.3, -0.25) is 4.79 Å². The number of ketones is 1. The first kappa shape index (κ1) is 12.1. The van der Waals surface area contributed by atoms with Crippen molar-refractivity contribution in [2.75, 3.05) is 11.1 Å². The number of carbonyl (C=O) groups excluding carboxylic acids is 1. The fourth-order valence-corrected chi connectivity index (χ4v) is 1.56. The highest BCUT2D eigenvalue weighted by Crippen LogP contribution is 2.20. The Kier molecular flexibility index (Phi) is 3.28. The molecule has 0 fully saturated rings. The second kappa shape index (κ2) is 4.87. The van der Waals surface area contributed by atoms with Gasteiger partial charge in [0.05, 0.1) is 5.69 Å². The fraction of sp³-hybridized carbons (Fsp3) is 0.0714. The number of Topliss-reactive ketones (excluding diaryl/α,β-unsaturated/α-hetero) is 1. The van der Waals surface area contributed by atoms with Gasteiger partial charge < -0.3 is 11.1 Å². The number of nitrogens with one attached hydrogen (secondary N) is 1. The molecule has 2 rings (SSSR count). The number of halogens is 1. The summed E-state index contributed by atoms with van der Waals surface area (Å²) in [6, 6.07) is 11.5. The topological polar surface area (TPSA) is 55.1 Å². The van der Waals surface area contributed by atoms with Crippen LogP contribution in [0.15, 0.2) is 42.5 Å². The molecule has 92 valence electrons. The number of carbonyl (C=O) groups is 1. The van der Waals surface area contributed by atoms with Crippen molar-refractivity contribution in [3.8, 4) is 0 Å². The first-order chi connectivity index (χ1) is 8.56.